The predicted octanol–water partition coefficient (Wildman–Crippen LogP) is 3.44. The molecule has 0 bridgehead atoms. The minimum atomic E-state index is -0.217. The van der Waals surface area contributed by atoms with Crippen molar-refractivity contribution in [1.82, 2.24) is 15.5 Å². The van der Waals surface area contributed by atoms with Crippen LogP contribution in [0.3, 0.4) is 0 Å². The molecule has 2 atom stereocenters. The van der Waals surface area contributed by atoms with Crippen molar-refractivity contribution in [2.45, 2.75) is 90.1 Å². The zero-order valence-electron chi connectivity index (χ0n) is 15.7. The van der Waals surface area contributed by atoms with Gasteiger partial charge in [0.25, 0.3) is 0 Å². The Kier molecular flexibility index (Phi) is 6.93. The number of nitrogens with one attached hydrogen (secondary N) is 2. The van der Waals surface area contributed by atoms with Gasteiger partial charge in [-0.2, -0.15) is 0 Å². The Hall–Kier alpha value is -1.26. The van der Waals surface area contributed by atoms with E-state index in [9.17, 15) is 9.59 Å². The second-order valence-electron chi connectivity index (χ2n) is 8.43. The van der Waals surface area contributed by atoms with Crippen molar-refractivity contribution >= 4 is 11.9 Å². The van der Waals surface area contributed by atoms with Crippen molar-refractivity contribution < 1.29 is 9.59 Å². The van der Waals surface area contributed by atoms with E-state index in [4.69, 9.17) is 0 Å². The van der Waals surface area contributed by atoms with Gasteiger partial charge in [0.05, 0.1) is 0 Å². The molecule has 1 saturated carbocycles. The summed E-state index contributed by atoms with van der Waals surface area (Å²) in [5, 5.41) is 5.74. The molecule has 0 aromatic heterocycles. The highest BCUT2D eigenvalue weighted by Gasteiger charge is 2.35. The fraction of sp³-hybridized carbons (Fsp3) is 0.895. The number of nitrogens with zero attached hydrogens (tertiary/aromatic N) is 1. The lowest BCUT2D eigenvalue weighted by molar-refractivity contribution is -0.137. The topological polar surface area (TPSA) is 61.4 Å². The molecule has 1 aliphatic carbocycles. The third-order valence-corrected chi connectivity index (χ3v) is 5.16. The highest BCUT2D eigenvalue weighted by molar-refractivity contribution is 5.76. The van der Waals surface area contributed by atoms with Gasteiger partial charge in [0.2, 0.25) is 5.91 Å². The van der Waals surface area contributed by atoms with Crippen LogP contribution in [0.1, 0.15) is 78.6 Å². The summed E-state index contributed by atoms with van der Waals surface area (Å²) in [6.07, 6.45) is 9.91. The molecule has 138 valence electrons. The molecule has 5 nitrogen and oxygen atoms in total. The van der Waals surface area contributed by atoms with Crippen molar-refractivity contribution in [2.24, 2.45) is 5.92 Å². The van der Waals surface area contributed by atoms with Gasteiger partial charge in [-0.15, -0.1) is 0 Å². The minimum Gasteiger partial charge on any atom is -0.339 e. The second-order valence-corrected chi connectivity index (χ2v) is 8.43. The number of unbranched alkanes of at least 4 members (excludes halogenated alkanes) is 1. The summed E-state index contributed by atoms with van der Waals surface area (Å²) in [7, 11) is 0. The summed E-state index contributed by atoms with van der Waals surface area (Å²) in [6.45, 7) is 7.46. The van der Waals surface area contributed by atoms with E-state index in [0.29, 0.717) is 24.9 Å². The maximum absolute atomic E-state index is 12.6. The first-order valence-electron chi connectivity index (χ1n) is 9.72. The number of amides is 3. The van der Waals surface area contributed by atoms with Gasteiger partial charge in [0, 0.05) is 31.1 Å². The van der Waals surface area contributed by atoms with Gasteiger partial charge < -0.3 is 15.5 Å². The van der Waals surface area contributed by atoms with Crippen LogP contribution in [0.4, 0.5) is 4.79 Å². The van der Waals surface area contributed by atoms with Gasteiger partial charge in [-0.25, -0.2) is 4.79 Å². The molecular formula is C19H35N3O2. The molecule has 2 aliphatic rings. The molecule has 2 N–H and O–H groups in total. The van der Waals surface area contributed by atoms with Gasteiger partial charge in [-0.3, -0.25) is 4.79 Å². The zero-order valence-corrected chi connectivity index (χ0v) is 15.7. The molecular weight excluding hydrogens is 302 g/mol. The van der Waals surface area contributed by atoms with E-state index in [1.165, 1.54) is 38.5 Å². The third kappa shape index (κ3) is 5.99. The van der Waals surface area contributed by atoms with E-state index in [2.05, 4.69) is 15.5 Å². The molecule has 0 aromatic rings. The maximum atomic E-state index is 12.6. The Morgan fingerprint density at radius 1 is 1.04 bits per heavy atom. The van der Waals surface area contributed by atoms with E-state index in [1.807, 2.05) is 20.8 Å². The zero-order chi connectivity index (χ0) is 17.6. The van der Waals surface area contributed by atoms with Crippen LogP contribution >= 0.6 is 0 Å². The van der Waals surface area contributed by atoms with Crippen LogP contribution in [-0.4, -0.2) is 41.5 Å². The molecule has 24 heavy (non-hydrogen) atoms. The first-order valence-corrected chi connectivity index (χ1v) is 9.72. The average Bonchev–Trinajstić information content (AvgIpc) is 2.52. The fourth-order valence-corrected chi connectivity index (χ4v) is 4.07. The van der Waals surface area contributed by atoms with Crippen LogP contribution in [0.25, 0.3) is 0 Å². The van der Waals surface area contributed by atoms with Crippen LogP contribution in [0.15, 0.2) is 0 Å². The SMILES string of the molecule is CC(C)(C)NC(=O)NCCCCC(=O)N1CCCC2CCCCC21. The summed E-state index contributed by atoms with van der Waals surface area (Å²) >= 11 is 0. The number of carbonyl (C=O) groups is 2. The van der Waals surface area contributed by atoms with Crippen molar-refractivity contribution in [3.63, 3.8) is 0 Å². The Morgan fingerprint density at radius 3 is 2.50 bits per heavy atom. The highest BCUT2D eigenvalue weighted by atomic mass is 16.2. The molecule has 0 aromatic carbocycles. The van der Waals surface area contributed by atoms with Gasteiger partial charge in [-0.1, -0.05) is 12.8 Å². The van der Waals surface area contributed by atoms with E-state index >= 15 is 0 Å². The Labute approximate surface area is 146 Å². The molecule has 2 rings (SSSR count). The number of piperidine rings is 1. The smallest absolute Gasteiger partial charge is 0.315 e. The summed E-state index contributed by atoms with van der Waals surface area (Å²) in [5.41, 5.74) is -0.217. The van der Waals surface area contributed by atoms with Crippen LogP contribution < -0.4 is 10.6 Å². The van der Waals surface area contributed by atoms with Gasteiger partial charge >= 0.3 is 6.03 Å². The molecule has 5 heteroatoms. The Bertz CT molecular complexity index is 429. The van der Waals surface area contributed by atoms with Crippen LogP contribution in [-0.2, 0) is 4.79 Å². The average molecular weight is 338 g/mol. The lowest BCUT2D eigenvalue weighted by atomic mass is 9.78. The molecule has 1 heterocycles. The number of urea groups is 1. The van der Waals surface area contributed by atoms with E-state index in [0.717, 1.165) is 25.3 Å². The molecule has 1 saturated heterocycles. The molecule has 1 aliphatic heterocycles. The fourth-order valence-electron chi connectivity index (χ4n) is 4.07. The lowest BCUT2D eigenvalue weighted by Gasteiger charge is -2.44. The van der Waals surface area contributed by atoms with Crippen molar-refractivity contribution in [3.8, 4) is 0 Å². The largest absolute Gasteiger partial charge is 0.339 e. The Morgan fingerprint density at radius 2 is 1.75 bits per heavy atom. The van der Waals surface area contributed by atoms with Crippen LogP contribution in [0.2, 0.25) is 0 Å². The van der Waals surface area contributed by atoms with Gasteiger partial charge in [-0.05, 0) is 65.2 Å². The standard InChI is InChI=1S/C19H35N3O2/c1-19(2,3)21-18(24)20-13-7-6-12-17(23)22-14-8-10-15-9-4-5-11-16(15)22/h15-16H,4-14H2,1-3H3,(H2,20,21,24). The van der Waals surface area contributed by atoms with Crippen molar-refractivity contribution in [1.29, 1.82) is 0 Å². The summed E-state index contributed by atoms with van der Waals surface area (Å²) in [5.74, 6) is 1.07. The molecule has 3 amide bonds. The quantitative estimate of drug-likeness (QED) is 0.755. The van der Waals surface area contributed by atoms with Gasteiger partial charge in [0.15, 0.2) is 0 Å². The first kappa shape index (κ1) is 19.1. The van der Waals surface area contributed by atoms with E-state index < -0.39 is 0 Å². The summed E-state index contributed by atoms with van der Waals surface area (Å²) in [4.78, 5) is 26.4. The third-order valence-electron chi connectivity index (χ3n) is 5.16. The Balaban J connectivity index is 1.63. The number of rotatable bonds is 5. The second kappa shape index (κ2) is 8.72. The summed E-state index contributed by atoms with van der Waals surface area (Å²) in [6, 6.07) is 0.380. The number of likely N-dealkylation sites (tertiary alicyclic amines) is 1. The monoisotopic (exact) mass is 337 g/mol. The van der Waals surface area contributed by atoms with Crippen molar-refractivity contribution in [2.75, 3.05) is 13.1 Å². The number of fused-ring (bicyclic) bond motifs is 1. The number of hydrogen-bond acceptors (Lipinski definition) is 2. The maximum Gasteiger partial charge on any atom is 0.315 e. The summed E-state index contributed by atoms with van der Waals surface area (Å²) < 4.78 is 0. The normalized spacial score (nSPS) is 24.2. The molecule has 2 unspecified atom stereocenters. The lowest BCUT2D eigenvalue weighted by Crippen LogP contribution is -2.49. The minimum absolute atomic E-state index is 0.130. The molecule has 0 spiro atoms. The molecule has 2 fully saturated rings. The van der Waals surface area contributed by atoms with Crippen LogP contribution in [0.5, 0.6) is 0 Å². The predicted molar refractivity (Wildman–Crippen MR) is 96.8 cm³/mol. The molecule has 0 radical (unpaired) electrons. The van der Waals surface area contributed by atoms with E-state index in [1.54, 1.807) is 0 Å². The van der Waals surface area contributed by atoms with Gasteiger partial charge in [0.1, 0.15) is 0 Å². The van der Waals surface area contributed by atoms with Crippen LogP contribution in [0, 0.1) is 5.92 Å². The number of carbonyl (C=O) groups excluding carboxylic acids is 2. The van der Waals surface area contributed by atoms with Crippen molar-refractivity contribution in [3.05, 3.63) is 0 Å². The highest BCUT2D eigenvalue weighted by Crippen LogP contribution is 2.35. The van der Waals surface area contributed by atoms with E-state index in [-0.39, 0.29) is 11.6 Å². The number of hydrogen-bond donors (Lipinski definition) is 2. The first-order chi connectivity index (χ1) is 11.4.